The maximum absolute atomic E-state index is 13.8. The summed E-state index contributed by atoms with van der Waals surface area (Å²) in [5.41, 5.74) is 2.12. The maximum atomic E-state index is 13.8. The topological polar surface area (TPSA) is 47.3 Å². The molecule has 114 valence electrons. The number of aliphatic hydroxyl groups is 1. The van der Waals surface area contributed by atoms with E-state index in [0.717, 1.165) is 22.3 Å². The van der Waals surface area contributed by atoms with Gasteiger partial charge in [0.05, 0.1) is 22.0 Å². The Morgan fingerprint density at radius 3 is 2.71 bits per heavy atom. The molecular formula is C15H18BrFN2O2. The molecule has 0 saturated carbocycles. The number of aryl methyl sites for hydroxylation is 2. The van der Waals surface area contributed by atoms with Crippen molar-refractivity contribution in [2.24, 2.45) is 7.05 Å². The molecule has 2 aromatic rings. The van der Waals surface area contributed by atoms with Gasteiger partial charge in [0.1, 0.15) is 18.2 Å². The molecule has 0 aliphatic rings. The van der Waals surface area contributed by atoms with Crippen molar-refractivity contribution in [2.75, 3.05) is 0 Å². The monoisotopic (exact) mass is 356 g/mol. The second-order valence-corrected chi connectivity index (χ2v) is 5.63. The number of halogens is 2. The maximum Gasteiger partial charge on any atom is 0.132 e. The molecule has 1 aromatic carbocycles. The first-order valence-electron chi connectivity index (χ1n) is 6.74. The molecule has 1 heterocycles. The third kappa shape index (κ3) is 3.44. The second-order valence-electron chi connectivity index (χ2n) is 4.83. The van der Waals surface area contributed by atoms with Crippen LogP contribution >= 0.6 is 15.9 Å². The molecule has 0 aliphatic heterocycles. The lowest BCUT2D eigenvalue weighted by molar-refractivity contribution is 0.193. The summed E-state index contributed by atoms with van der Waals surface area (Å²) >= 11 is 3.51. The highest BCUT2D eigenvalue weighted by Crippen LogP contribution is 2.25. The Kier molecular flexibility index (Phi) is 5.00. The molecule has 0 aliphatic carbocycles. The number of ether oxygens (including phenoxy) is 1. The Balaban J connectivity index is 2.13. The lowest BCUT2D eigenvalue weighted by Crippen LogP contribution is -2.04. The molecule has 1 unspecified atom stereocenters. The van der Waals surface area contributed by atoms with Gasteiger partial charge in [-0.15, -0.1) is 0 Å². The van der Waals surface area contributed by atoms with Crippen LogP contribution in [-0.4, -0.2) is 14.9 Å². The molecule has 1 atom stereocenters. The van der Waals surface area contributed by atoms with Crippen molar-refractivity contribution < 1.29 is 14.2 Å². The summed E-state index contributed by atoms with van der Waals surface area (Å²) in [6.07, 6.45) is -0.0102. The highest BCUT2D eigenvalue weighted by molar-refractivity contribution is 9.10. The summed E-state index contributed by atoms with van der Waals surface area (Å²) < 4.78 is 22.1. The van der Waals surface area contributed by atoms with Crippen molar-refractivity contribution in [3.63, 3.8) is 0 Å². The van der Waals surface area contributed by atoms with Gasteiger partial charge in [-0.25, -0.2) is 4.39 Å². The lowest BCUT2D eigenvalue weighted by atomic mass is 10.1. The van der Waals surface area contributed by atoms with E-state index in [1.165, 1.54) is 19.1 Å². The largest absolute Gasteiger partial charge is 0.487 e. The lowest BCUT2D eigenvalue weighted by Gasteiger charge is -2.10. The first kappa shape index (κ1) is 16.0. The van der Waals surface area contributed by atoms with Gasteiger partial charge in [0.15, 0.2) is 0 Å². The molecule has 0 bridgehead atoms. The molecule has 6 heteroatoms. The molecular weight excluding hydrogens is 339 g/mol. The fourth-order valence-electron chi connectivity index (χ4n) is 2.06. The number of aromatic nitrogens is 2. The van der Waals surface area contributed by atoms with Crippen molar-refractivity contribution in [1.29, 1.82) is 0 Å². The molecule has 4 nitrogen and oxygen atoms in total. The van der Waals surface area contributed by atoms with Crippen LogP contribution in [0.15, 0.2) is 22.7 Å². The van der Waals surface area contributed by atoms with Crippen LogP contribution in [0.3, 0.4) is 0 Å². The quantitative estimate of drug-likeness (QED) is 0.891. The zero-order valence-corrected chi connectivity index (χ0v) is 13.8. The van der Waals surface area contributed by atoms with Gasteiger partial charge in [-0.3, -0.25) is 4.68 Å². The van der Waals surface area contributed by atoms with Gasteiger partial charge in [-0.1, -0.05) is 6.92 Å². The number of hydrogen-bond acceptors (Lipinski definition) is 3. The van der Waals surface area contributed by atoms with Crippen molar-refractivity contribution in [3.8, 4) is 5.75 Å². The summed E-state index contributed by atoms with van der Waals surface area (Å²) in [6, 6.07) is 4.47. The third-order valence-corrected chi connectivity index (χ3v) is 4.22. The number of hydrogen-bond donors (Lipinski definition) is 1. The molecule has 0 spiro atoms. The summed E-state index contributed by atoms with van der Waals surface area (Å²) in [7, 11) is 1.85. The van der Waals surface area contributed by atoms with E-state index < -0.39 is 11.9 Å². The molecule has 1 aromatic heterocycles. The fourth-order valence-corrected chi connectivity index (χ4v) is 2.80. The summed E-state index contributed by atoms with van der Waals surface area (Å²) in [5, 5.41) is 13.8. The van der Waals surface area contributed by atoms with E-state index in [9.17, 15) is 9.50 Å². The molecule has 1 N–H and O–H groups in total. The van der Waals surface area contributed by atoms with E-state index in [1.54, 1.807) is 10.7 Å². The molecule has 21 heavy (non-hydrogen) atoms. The normalized spacial score (nSPS) is 12.5. The highest BCUT2D eigenvalue weighted by Gasteiger charge is 2.14. The summed E-state index contributed by atoms with van der Waals surface area (Å²) in [6.45, 7) is 3.84. The van der Waals surface area contributed by atoms with E-state index in [4.69, 9.17) is 4.74 Å². The van der Waals surface area contributed by atoms with E-state index in [-0.39, 0.29) is 12.2 Å². The van der Waals surface area contributed by atoms with E-state index in [2.05, 4.69) is 21.0 Å². The van der Waals surface area contributed by atoms with Gasteiger partial charge in [0.25, 0.3) is 0 Å². The van der Waals surface area contributed by atoms with Gasteiger partial charge in [-0.05, 0) is 41.4 Å². The van der Waals surface area contributed by atoms with Crippen LogP contribution in [0, 0.1) is 5.82 Å². The van der Waals surface area contributed by atoms with Gasteiger partial charge in [0.2, 0.25) is 0 Å². The van der Waals surface area contributed by atoms with Crippen LogP contribution < -0.4 is 4.74 Å². The summed E-state index contributed by atoms with van der Waals surface area (Å²) in [5.74, 6) is -0.0520. The van der Waals surface area contributed by atoms with Crippen molar-refractivity contribution in [1.82, 2.24) is 9.78 Å². The standard InChI is InChI=1S/C15H18BrFN2O2/c1-4-13-15(16)14(19(3)18-13)8-21-10-5-6-11(9(2)20)12(17)7-10/h5-7,9,20H,4,8H2,1-3H3. The minimum absolute atomic E-state index is 0.261. The van der Waals surface area contributed by atoms with E-state index in [1.807, 2.05) is 14.0 Å². The minimum atomic E-state index is -0.836. The fraction of sp³-hybridized carbons (Fsp3) is 0.400. The number of rotatable bonds is 5. The van der Waals surface area contributed by atoms with Crippen LogP contribution in [0.1, 0.15) is 36.9 Å². The van der Waals surface area contributed by atoms with Gasteiger partial charge < -0.3 is 9.84 Å². The van der Waals surface area contributed by atoms with E-state index >= 15 is 0 Å². The SMILES string of the molecule is CCc1nn(C)c(COc2ccc(C(C)O)c(F)c2)c1Br. The Bertz CT molecular complexity index is 641. The first-order valence-corrected chi connectivity index (χ1v) is 7.53. The molecule has 0 amide bonds. The van der Waals surface area contributed by atoms with Gasteiger partial charge in [-0.2, -0.15) is 5.10 Å². The Hall–Kier alpha value is -1.40. The average molecular weight is 357 g/mol. The van der Waals surface area contributed by atoms with Crippen LogP contribution in [0.4, 0.5) is 4.39 Å². The Morgan fingerprint density at radius 2 is 2.19 bits per heavy atom. The van der Waals surface area contributed by atoms with Crippen LogP contribution in [0.25, 0.3) is 0 Å². The minimum Gasteiger partial charge on any atom is -0.487 e. The van der Waals surface area contributed by atoms with Gasteiger partial charge in [0, 0.05) is 18.7 Å². The number of aliphatic hydroxyl groups excluding tert-OH is 1. The third-order valence-electron chi connectivity index (χ3n) is 3.30. The van der Waals surface area contributed by atoms with Crippen molar-refractivity contribution in [2.45, 2.75) is 33.0 Å². The van der Waals surface area contributed by atoms with Gasteiger partial charge >= 0.3 is 0 Å². The molecule has 2 rings (SSSR count). The zero-order valence-electron chi connectivity index (χ0n) is 12.2. The van der Waals surface area contributed by atoms with Crippen LogP contribution in [0.5, 0.6) is 5.75 Å². The molecule has 0 radical (unpaired) electrons. The highest BCUT2D eigenvalue weighted by atomic mass is 79.9. The predicted octanol–water partition coefficient (Wildman–Crippen LogP) is 3.52. The average Bonchev–Trinajstić information content (AvgIpc) is 2.71. The molecule has 0 saturated heterocycles. The zero-order chi connectivity index (χ0) is 15.6. The Morgan fingerprint density at radius 1 is 1.48 bits per heavy atom. The van der Waals surface area contributed by atoms with Crippen LogP contribution in [0.2, 0.25) is 0 Å². The Labute approximate surface area is 131 Å². The second kappa shape index (κ2) is 6.58. The smallest absolute Gasteiger partial charge is 0.132 e. The summed E-state index contributed by atoms with van der Waals surface area (Å²) in [4.78, 5) is 0. The first-order chi connectivity index (χ1) is 9.93. The van der Waals surface area contributed by atoms with Crippen LogP contribution in [-0.2, 0) is 20.1 Å². The van der Waals surface area contributed by atoms with E-state index in [0.29, 0.717) is 5.75 Å². The van der Waals surface area contributed by atoms with Crippen molar-refractivity contribution >= 4 is 15.9 Å². The number of nitrogens with zero attached hydrogens (tertiary/aromatic N) is 2. The molecule has 0 fully saturated rings. The predicted molar refractivity (Wildman–Crippen MR) is 81.7 cm³/mol. The number of benzene rings is 1. The van der Waals surface area contributed by atoms with Crippen molar-refractivity contribution in [3.05, 3.63) is 45.4 Å².